The Hall–Kier alpha value is -2.60. The molecule has 21 heavy (non-hydrogen) atoms. The number of aryl methyl sites for hydroxylation is 3. The zero-order chi connectivity index (χ0) is 15.0. The van der Waals surface area contributed by atoms with E-state index in [1.165, 1.54) is 16.7 Å². The fourth-order valence-electron chi connectivity index (χ4n) is 2.88. The molecule has 3 aromatic rings. The van der Waals surface area contributed by atoms with Crippen molar-refractivity contribution >= 4 is 11.0 Å². The molecular formula is C18H17N3. The summed E-state index contributed by atoms with van der Waals surface area (Å²) in [5.74, 6) is 0.984. The van der Waals surface area contributed by atoms with Crippen molar-refractivity contribution < 1.29 is 0 Å². The summed E-state index contributed by atoms with van der Waals surface area (Å²) >= 11 is 0. The molecule has 3 nitrogen and oxygen atoms in total. The Labute approximate surface area is 124 Å². The van der Waals surface area contributed by atoms with E-state index in [1.54, 1.807) is 0 Å². The smallest absolute Gasteiger partial charge is 0.141 e. The largest absolute Gasteiger partial charge is 0.324 e. The lowest BCUT2D eigenvalue weighted by Gasteiger charge is -2.11. The van der Waals surface area contributed by atoms with E-state index in [1.807, 2.05) is 18.2 Å². The Kier molecular flexibility index (Phi) is 3.23. The maximum Gasteiger partial charge on any atom is 0.141 e. The molecule has 1 heterocycles. The Morgan fingerprint density at radius 1 is 1.14 bits per heavy atom. The van der Waals surface area contributed by atoms with Gasteiger partial charge >= 0.3 is 0 Å². The lowest BCUT2D eigenvalue weighted by atomic mass is 10.0. The van der Waals surface area contributed by atoms with Gasteiger partial charge in [-0.15, -0.1) is 0 Å². The minimum atomic E-state index is 0.649. The van der Waals surface area contributed by atoms with Crippen LogP contribution in [0.3, 0.4) is 0 Å². The van der Waals surface area contributed by atoms with E-state index in [2.05, 4.69) is 49.6 Å². The minimum Gasteiger partial charge on any atom is -0.324 e. The maximum absolute atomic E-state index is 9.05. The van der Waals surface area contributed by atoms with Crippen molar-refractivity contribution in [2.45, 2.75) is 27.3 Å². The number of fused-ring (bicyclic) bond motifs is 1. The normalized spacial score (nSPS) is 10.8. The number of hydrogen-bond acceptors (Lipinski definition) is 2. The van der Waals surface area contributed by atoms with Gasteiger partial charge in [0, 0.05) is 12.1 Å². The van der Waals surface area contributed by atoms with Gasteiger partial charge in [-0.3, -0.25) is 0 Å². The van der Waals surface area contributed by atoms with Gasteiger partial charge < -0.3 is 4.57 Å². The molecule has 2 aromatic carbocycles. The van der Waals surface area contributed by atoms with Crippen LogP contribution in [0.5, 0.6) is 0 Å². The predicted molar refractivity (Wildman–Crippen MR) is 85.0 cm³/mol. The second-order valence-electron chi connectivity index (χ2n) is 5.26. The zero-order valence-corrected chi connectivity index (χ0v) is 12.5. The van der Waals surface area contributed by atoms with Gasteiger partial charge in [-0.25, -0.2) is 4.98 Å². The molecule has 0 N–H and O–H groups in total. The van der Waals surface area contributed by atoms with Crippen molar-refractivity contribution in [3.63, 3.8) is 0 Å². The molecule has 0 spiro atoms. The molecule has 3 heteroatoms. The first-order valence-corrected chi connectivity index (χ1v) is 7.12. The summed E-state index contributed by atoms with van der Waals surface area (Å²) in [6, 6.07) is 14.2. The van der Waals surface area contributed by atoms with E-state index in [-0.39, 0.29) is 0 Å². The molecule has 0 radical (unpaired) electrons. The van der Waals surface area contributed by atoms with Crippen LogP contribution in [0.25, 0.3) is 22.4 Å². The summed E-state index contributed by atoms with van der Waals surface area (Å²) in [6.45, 7) is 7.20. The van der Waals surface area contributed by atoms with Crippen molar-refractivity contribution in [3.05, 3.63) is 53.1 Å². The van der Waals surface area contributed by atoms with Gasteiger partial charge in [-0.1, -0.05) is 18.2 Å². The molecule has 0 saturated heterocycles. The molecule has 0 fully saturated rings. The van der Waals surface area contributed by atoms with Crippen molar-refractivity contribution in [1.29, 1.82) is 5.26 Å². The van der Waals surface area contributed by atoms with Crippen LogP contribution in [0.15, 0.2) is 36.4 Å². The highest BCUT2D eigenvalue weighted by Crippen LogP contribution is 2.30. The van der Waals surface area contributed by atoms with Crippen molar-refractivity contribution in [1.82, 2.24) is 9.55 Å². The Bertz CT molecular complexity index is 846. The summed E-state index contributed by atoms with van der Waals surface area (Å²) < 4.78 is 2.21. The van der Waals surface area contributed by atoms with E-state index in [0.717, 1.165) is 23.4 Å². The van der Waals surface area contributed by atoms with Crippen LogP contribution < -0.4 is 0 Å². The number of rotatable bonds is 2. The molecule has 0 aliphatic rings. The van der Waals surface area contributed by atoms with Gasteiger partial charge in [0.2, 0.25) is 0 Å². The third kappa shape index (κ3) is 2.09. The quantitative estimate of drug-likeness (QED) is 0.703. The van der Waals surface area contributed by atoms with Crippen LogP contribution >= 0.6 is 0 Å². The third-order valence-electron chi connectivity index (χ3n) is 3.90. The first-order chi connectivity index (χ1) is 10.2. The monoisotopic (exact) mass is 275 g/mol. The molecule has 0 aliphatic heterocycles. The second-order valence-corrected chi connectivity index (χ2v) is 5.26. The van der Waals surface area contributed by atoms with Gasteiger partial charge in [-0.05, 0) is 50.1 Å². The number of nitrogens with zero attached hydrogens (tertiary/aromatic N) is 3. The average Bonchev–Trinajstić information content (AvgIpc) is 2.84. The number of imidazole rings is 1. The zero-order valence-electron chi connectivity index (χ0n) is 12.5. The number of benzene rings is 2. The second kappa shape index (κ2) is 5.06. The molecule has 1 aromatic heterocycles. The van der Waals surface area contributed by atoms with Crippen LogP contribution in [0, 0.1) is 25.2 Å². The average molecular weight is 275 g/mol. The van der Waals surface area contributed by atoms with Gasteiger partial charge in [-0.2, -0.15) is 5.26 Å². The van der Waals surface area contributed by atoms with Gasteiger partial charge in [0.1, 0.15) is 5.82 Å². The molecule has 0 amide bonds. The number of hydrogen-bond donors (Lipinski definition) is 0. The van der Waals surface area contributed by atoms with E-state index in [9.17, 15) is 0 Å². The van der Waals surface area contributed by atoms with Crippen molar-refractivity contribution in [2.24, 2.45) is 0 Å². The van der Waals surface area contributed by atoms with Gasteiger partial charge in [0.25, 0.3) is 0 Å². The van der Waals surface area contributed by atoms with Gasteiger partial charge in [0.05, 0.1) is 22.7 Å². The predicted octanol–water partition coefficient (Wildman–Crippen LogP) is 4.21. The Morgan fingerprint density at radius 2 is 1.86 bits per heavy atom. The molecule has 0 saturated carbocycles. The summed E-state index contributed by atoms with van der Waals surface area (Å²) in [4.78, 5) is 4.80. The molecule has 0 unspecified atom stereocenters. The highest BCUT2D eigenvalue weighted by Gasteiger charge is 2.15. The maximum atomic E-state index is 9.05. The minimum absolute atomic E-state index is 0.649. The number of aromatic nitrogens is 2. The lowest BCUT2D eigenvalue weighted by molar-refractivity contribution is 0.795. The van der Waals surface area contributed by atoms with E-state index in [4.69, 9.17) is 10.2 Å². The molecular weight excluding hydrogens is 258 g/mol. The highest BCUT2D eigenvalue weighted by atomic mass is 15.1. The van der Waals surface area contributed by atoms with E-state index >= 15 is 0 Å². The first kappa shape index (κ1) is 13.4. The summed E-state index contributed by atoms with van der Waals surface area (Å²) in [7, 11) is 0. The van der Waals surface area contributed by atoms with Gasteiger partial charge in [0.15, 0.2) is 0 Å². The van der Waals surface area contributed by atoms with Crippen molar-refractivity contribution in [3.8, 4) is 17.5 Å². The van der Waals surface area contributed by atoms with Crippen LogP contribution in [-0.2, 0) is 6.54 Å². The lowest BCUT2D eigenvalue weighted by Crippen LogP contribution is -2.00. The summed E-state index contributed by atoms with van der Waals surface area (Å²) in [5.41, 5.74) is 6.24. The summed E-state index contributed by atoms with van der Waals surface area (Å²) in [5, 5.41) is 9.05. The molecule has 3 rings (SSSR count). The van der Waals surface area contributed by atoms with E-state index in [0.29, 0.717) is 5.56 Å². The molecule has 0 atom stereocenters. The molecule has 0 bridgehead atoms. The summed E-state index contributed by atoms with van der Waals surface area (Å²) in [6.07, 6.45) is 0. The SMILES string of the molecule is CCn1c(-c2c(C)cccc2C)nc2cc(C#N)ccc21. The Morgan fingerprint density at radius 3 is 2.48 bits per heavy atom. The third-order valence-corrected chi connectivity index (χ3v) is 3.90. The topological polar surface area (TPSA) is 41.6 Å². The van der Waals surface area contributed by atoms with Crippen LogP contribution in [0.2, 0.25) is 0 Å². The van der Waals surface area contributed by atoms with Crippen LogP contribution in [0.1, 0.15) is 23.6 Å². The first-order valence-electron chi connectivity index (χ1n) is 7.12. The number of nitriles is 1. The molecule has 0 aliphatic carbocycles. The standard InChI is InChI=1S/C18H17N3/c1-4-21-16-9-8-14(11-19)10-15(16)20-18(21)17-12(2)6-5-7-13(17)3/h5-10H,4H2,1-3H3. The van der Waals surface area contributed by atoms with Crippen LogP contribution in [0.4, 0.5) is 0 Å². The van der Waals surface area contributed by atoms with Crippen LogP contribution in [-0.4, -0.2) is 9.55 Å². The molecule has 104 valence electrons. The highest BCUT2D eigenvalue weighted by molar-refractivity contribution is 5.83. The fraction of sp³-hybridized carbons (Fsp3) is 0.222. The Balaban J connectivity index is 2.35. The van der Waals surface area contributed by atoms with Crippen molar-refractivity contribution in [2.75, 3.05) is 0 Å². The van der Waals surface area contributed by atoms with E-state index < -0.39 is 0 Å². The fourth-order valence-corrected chi connectivity index (χ4v) is 2.88.